The van der Waals surface area contributed by atoms with Crippen LogP contribution < -0.4 is 20.1 Å². The van der Waals surface area contributed by atoms with Crippen LogP contribution in [0.1, 0.15) is 12.0 Å². The van der Waals surface area contributed by atoms with E-state index in [9.17, 15) is 4.79 Å². The predicted molar refractivity (Wildman–Crippen MR) is 106 cm³/mol. The first-order valence-electron chi connectivity index (χ1n) is 8.20. The van der Waals surface area contributed by atoms with E-state index in [2.05, 4.69) is 10.6 Å². The minimum absolute atomic E-state index is 0.122. The topological polar surface area (TPSA) is 59.6 Å². The molecule has 2 rings (SSSR count). The smallest absolute Gasteiger partial charge is 0.225 e. The number of rotatable bonds is 9. The maximum atomic E-state index is 12.1. The molecule has 0 radical (unpaired) electrons. The zero-order valence-corrected chi connectivity index (χ0v) is 16.3. The summed E-state index contributed by atoms with van der Waals surface area (Å²) >= 11 is 12.0. The maximum absolute atomic E-state index is 12.1. The van der Waals surface area contributed by atoms with Gasteiger partial charge in [-0.05, 0) is 30.7 Å². The van der Waals surface area contributed by atoms with Gasteiger partial charge in [-0.1, -0.05) is 35.3 Å². The SMILES string of the molecule is COc1cc(NC(=O)CCNCCc2cccc(Cl)c2)c(OC)cc1Cl. The van der Waals surface area contributed by atoms with Gasteiger partial charge >= 0.3 is 0 Å². The highest BCUT2D eigenvalue weighted by Crippen LogP contribution is 2.35. The second-order valence-electron chi connectivity index (χ2n) is 5.62. The number of benzene rings is 2. The molecule has 0 unspecified atom stereocenters. The first-order valence-corrected chi connectivity index (χ1v) is 8.95. The van der Waals surface area contributed by atoms with E-state index in [-0.39, 0.29) is 5.91 Å². The molecule has 2 N–H and O–H groups in total. The average Bonchev–Trinajstić information content (AvgIpc) is 2.62. The van der Waals surface area contributed by atoms with Crippen molar-refractivity contribution in [1.29, 1.82) is 0 Å². The number of methoxy groups -OCH3 is 2. The summed E-state index contributed by atoms with van der Waals surface area (Å²) in [5.41, 5.74) is 1.69. The monoisotopic (exact) mass is 396 g/mol. The average molecular weight is 397 g/mol. The molecule has 0 fully saturated rings. The summed E-state index contributed by atoms with van der Waals surface area (Å²) in [5.74, 6) is 0.836. The number of amides is 1. The third-order valence-corrected chi connectivity index (χ3v) is 4.29. The Morgan fingerprint density at radius 1 is 1.04 bits per heavy atom. The molecule has 0 aliphatic heterocycles. The van der Waals surface area contributed by atoms with Gasteiger partial charge in [-0.25, -0.2) is 0 Å². The van der Waals surface area contributed by atoms with Gasteiger partial charge < -0.3 is 20.1 Å². The molecule has 0 heterocycles. The van der Waals surface area contributed by atoms with E-state index in [4.69, 9.17) is 32.7 Å². The van der Waals surface area contributed by atoms with Gasteiger partial charge in [0.05, 0.1) is 24.9 Å². The third kappa shape index (κ3) is 6.09. The molecule has 5 nitrogen and oxygen atoms in total. The molecule has 2 aromatic rings. The minimum Gasteiger partial charge on any atom is -0.495 e. The molecule has 0 bridgehead atoms. The number of hydrogen-bond donors (Lipinski definition) is 2. The first kappa shape index (κ1) is 20.4. The fourth-order valence-electron chi connectivity index (χ4n) is 2.42. The number of carbonyl (C=O) groups is 1. The molecule has 7 heteroatoms. The van der Waals surface area contributed by atoms with Crippen molar-refractivity contribution in [1.82, 2.24) is 5.32 Å². The Kier molecular flexibility index (Phi) is 8.04. The first-order chi connectivity index (χ1) is 12.5. The number of nitrogens with one attached hydrogen (secondary N) is 2. The molecule has 0 saturated carbocycles. The fraction of sp³-hybridized carbons (Fsp3) is 0.316. The minimum atomic E-state index is -0.122. The lowest BCUT2D eigenvalue weighted by atomic mass is 10.1. The predicted octanol–water partition coefficient (Wildman–Crippen LogP) is 4.17. The Morgan fingerprint density at radius 2 is 1.81 bits per heavy atom. The summed E-state index contributed by atoms with van der Waals surface area (Å²) in [5, 5.41) is 7.22. The molecule has 26 heavy (non-hydrogen) atoms. The van der Waals surface area contributed by atoms with Crippen molar-refractivity contribution >= 4 is 34.8 Å². The molecular weight excluding hydrogens is 375 g/mol. The van der Waals surface area contributed by atoms with Crippen LogP contribution in [0.3, 0.4) is 0 Å². The van der Waals surface area contributed by atoms with Gasteiger partial charge in [-0.15, -0.1) is 0 Å². The molecule has 0 aliphatic rings. The molecule has 0 aromatic heterocycles. The van der Waals surface area contributed by atoms with Crippen LogP contribution in [0.15, 0.2) is 36.4 Å². The summed E-state index contributed by atoms with van der Waals surface area (Å²) in [6.45, 7) is 1.34. The van der Waals surface area contributed by atoms with Crippen molar-refractivity contribution in [3.05, 3.63) is 52.0 Å². The second-order valence-corrected chi connectivity index (χ2v) is 6.46. The number of carbonyl (C=O) groups excluding carboxylic acids is 1. The van der Waals surface area contributed by atoms with E-state index in [1.165, 1.54) is 14.2 Å². The molecule has 140 valence electrons. The zero-order chi connectivity index (χ0) is 18.9. The number of anilines is 1. The largest absolute Gasteiger partial charge is 0.495 e. The highest BCUT2D eigenvalue weighted by Gasteiger charge is 2.12. The lowest BCUT2D eigenvalue weighted by Gasteiger charge is -2.13. The normalized spacial score (nSPS) is 10.5. The van der Waals surface area contributed by atoms with E-state index in [1.807, 2.05) is 24.3 Å². The summed E-state index contributed by atoms with van der Waals surface area (Å²) in [6.07, 6.45) is 1.19. The highest BCUT2D eigenvalue weighted by molar-refractivity contribution is 6.32. The van der Waals surface area contributed by atoms with Crippen molar-refractivity contribution in [2.45, 2.75) is 12.8 Å². The van der Waals surface area contributed by atoms with Crippen LogP contribution in [-0.4, -0.2) is 33.2 Å². The lowest BCUT2D eigenvalue weighted by Crippen LogP contribution is -2.23. The molecule has 0 spiro atoms. The van der Waals surface area contributed by atoms with Crippen molar-refractivity contribution in [3.8, 4) is 11.5 Å². The van der Waals surface area contributed by atoms with E-state index in [0.717, 1.165) is 23.6 Å². The summed E-state index contributed by atoms with van der Waals surface area (Å²) < 4.78 is 10.4. The Hall–Kier alpha value is -1.95. The molecule has 2 aromatic carbocycles. The van der Waals surface area contributed by atoms with Crippen molar-refractivity contribution in [3.63, 3.8) is 0 Å². The van der Waals surface area contributed by atoms with Gasteiger partial charge in [0.2, 0.25) is 5.91 Å². The van der Waals surface area contributed by atoms with Crippen molar-refractivity contribution in [2.24, 2.45) is 0 Å². The van der Waals surface area contributed by atoms with Crippen LogP contribution in [0.25, 0.3) is 0 Å². The van der Waals surface area contributed by atoms with Gasteiger partial charge in [0, 0.05) is 30.1 Å². The zero-order valence-electron chi connectivity index (χ0n) is 14.8. The van der Waals surface area contributed by atoms with Crippen LogP contribution in [-0.2, 0) is 11.2 Å². The summed E-state index contributed by atoms with van der Waals surface area (Å²) in [7, 11) is 3.04. The molecule has 0 atom stereocenters. The Bertz CT molecular complexity index is 754. The van der Waals surface area contributed by atoms with Crippen LogP contribution >= 0.6 is 23.2 Å². The molecule has 0 saturated heterocycles. The second kappa shape index (κ2) is 10.3. The standard InChI is InChI=1S/C19H22Cl2N2O3/c1-25-17-12-16(18(26-2)11-15(17)21)23-19(24)7-9-22-8-6-13-4-3-5-14(20)10-13/h3-5,10-12,22H,6-9H2,1-2H3,(H,23,24). The Balaban J connectivity index is 1.78. The van der Waals surface area contributed by atoms with Crippen LogP contribution in [0.5, 0.6) is 11.5 Å². The lowest BCUT2D eigenvalue weighted by molar-refractivity contribution is -0.116. The summed E-state index contributed by atoms with van der Waals surface area (Å²) in [4.78, 5) is 12.1. The number of hydrogen-bond acceptors (Lipinski definition) is 4. The van der Waals surface area contributed by atoms with Crippen LogP contribution in [0, 0.1) is 0 Å². The van der Waals surface area contributed by atoms with Crippen LogP contribution in [0.4, 0.5) is 5.69 Å². The van der Waals surface area contributed by atoms with Crippen molar-refractivity contribution in [2.75, 3.05) is 32.6 Å². The number of halogens is 2. The Morgan fingerprint density at radius 3 is 2.50 bits per heavy atom. The van der Waals surface area contributed by atoms with E-state index in [1.54, 1.807) is 12.1 Å². The van der Waals surface area contributed by atoms with E-state index in [0.29, 0.717) is 35.2 Å². The molecule has 1 amide bonds. The van der Waals surface area contributed by atoms with Crippen molar-refractivity contribution < 1.29 is 14.3 Å². The highest BCUT2D eigenvalue weighted by atomic mass is 35.5. The van der Waals surface area contributed by atoms with Gasteiger partial charge in [-0.3, -0.25) is 4.79 Å². The maximum Gasteiger partial charge on any atom is 0.225 e. The number of ether oxygens (including phenoxy) is 2. The van der Waals surface area contributed by atoms with E-state index < -0.39 is 0 Å². The molecular formula is C19H22Cl2N2O3. The summed E-state index contributed by atoms with van der Waals surface area (Å²) in [6, 6.07) is 11.0. The van der Waals surface area contributed by atoms with Gasteiger partial charge in [0.25, 0.3) is 0 Å². The fourth-order valence-corrected chi connectivity index (χ4v) is 2.87. The van der Waals surface area contributed by atoms with Gasteiger partial charge in [-0.2, -0.15) is 0 Å². The van der Waals surface area contributed by atoms with Gasteiger partial charge in [0.1, 0.15) is 11.5 Å². The van der Waals surface area contributed by atoms with E-state index >= 15 is 0 Å². The molecule has 0 aliphatic carbocycles. The van der Waals surface area contributed by atoms with Gasteiger partial charge in [0.15, 0.2) is 0 Å². The Labute approximate surface area is 163 Å². The third-order valence-electron chi connectivity index (χ3n) is 3.76. The quantitative estimate of drug-likeness (QED) is 0.624. The van der Waals surface area contributed by atoms with Crippen LogP contribution in [0.2, 0.25) is 10.0 Å².